The molecule has 2 aromatic carbocycles. The van der Waals surface area contributed by atoms with Gasteiger partial charge in [-0.15, -0.1) is 0 Å². The number of ether oxygens (including phenoxy) is 3. The Kier molecular flexibility index (Phi) is 4.79. The van der Waals surface area contributed by atoms with Crippen LogP contribution in [0.25, 0.3) is 11.1 Å². The predicted molar refractivity (Wildman–Crippen MR) is 105 cm³/mol. The maximum Gasteiger partial charge on any atom is 0.231 e. The van der Waals surface area contributed by atoms with Crippen LogP contribution in [0.4, 0.5) is 0 Å². The van der Waals surface area contributed by atoms with Crippen molar-refractivity contribution in [2.45, 2.75) is 25.2 Å². The second-order valence-electron chi connectivity index (χ2n) is 7.38. The molecule has 0 spiro atoms. The molecule has 1 fully saturated rings. The van der Waals surface area contributed by atoms with Crippen molar-refractivity contribution in [2.75, 3.05) is 33.0 Å². The Morgan fingerprint density at radius 3 is 3.00 bits per heavy atom. The van der Waals surface area contributed by atoms with Gasteiger partial charge >= 0.3 is 0 Å². The summed E-state index contributed by atoms with van der Waals surface area (Å²) in [6.45, 7) is 4.11. The van der Waals surface area contributed by atoms with E-state index in [2.05, 4.69) is 4.90 Å². The third-order valence-electron chi connectivity index (χ3n) is 5.40. The van der Waals surface area contributed by atoms with Gasteiger partial charge in [-0.25, -0.2) is 4.98 Å². The van der Waals surface area contributed by atoms with E-state index in [1.807, 2.05) is 42.5 Å². The molecule has 6 heteroatoms. The number of oxazole rings is 1. The molecule has 0 amide bonds. The first-order chi connectivity index (χ1) is 13.8. The Balaban J connectivity index is 1.12. The number of hydrogen-bond donors (Lipinski definition) is 0. The normalized spacial score (nSPS) is 19.2. The van der Waals surface area contributed by atoms with Gasteiger partial charge in [0.15, 0.2) is 23.0 Å². The summed E-state index contributed by atoms with van der Waals surface area (Å²) in [7, 11) is 0. The number of aromatic nitrogens is 1. The van der Waals surface area contributed by atoms with E-state index >= 15 is 0 Å². The van der Waals surface area contributed by atoms with Gasteiger partial charge in [-0.1, -0.05) is 12.1 Å². The lowest BCUT2D eigenvalue weighted by Crippen LogP contribution is -2.35. The molecule has 1 unspecified atom stereocenters. The summed E-state index contributed by atoms with van der Waals surface area (Å²) in [5.41, 5.74) is 1.83. The Hall–Kier alpha value is -2.73. The van der Waals surface area contributed by atoms with Crippen LogP contribution < -0.4 is 14.2 Å². The van der Waals surface area contributed by atoms with E-state index in [1.165, 1.54) is 6.42 Å². The van der Waals surface area contributed by atoms with Crippen LogP contribution in [0.2, 0.25) is 0 Å². The maximum absolute atomic E-state index is 5.99. The summed E-state index contributed by atoms with van der Waals surface area (Å²) >= 11 is 0. The molecule has 146 valence electrons. The van der Waals surface area contributed by atoms with Gasteiger partial charge in [-0.2, -0.15) is 0 Å². The van der Waals surface area contributed by atoms with E-state index in [0.717, 1.165) is 66.7 Å². The summed E-state index contributed by atoms with van der Waals surface area (Å²) in [5.74, 6) is 3.62. The molecular weight excluding hydrogens is 356 g/mol. The van der Waals surface area contributed by atoms with Crippen molar-refractivity contribution in [1.29, 1.82) is 0 Å². The second-order valence-corrected chi connectivity index (χ2v) is 7.38. The number of benzene rings is 2. The topological polar surface area (TPSA) is 57.0 Å². The summed E-state index contributed by atoms with van der Waals surface area (Å²) in [6, 6.07) is 13.7. The van der Waals surface area contributed by atoms with Gasteiger partial charge < -0.3 is 23.5 Å². The zero-order valence-corrected chi connectivity index (χ0v) is 15.8. The molecule has 6 nitrogen and oxygen atoms in total. The first-order valence-corrected chi connectivity index (χ1v) is 9.95. The predicted octanol–water partition coefficient (Wildman–Crippen LogP) is 4.21. The lowest BCUT2D eigenvalue weighted by atomic mass is 9.98. The van der Waals surface area contributed by atoms with Crippen LogP contribution in [0.5, 0.6) is 17.2 Å². The highest BCUT2D eigenvalue weighted by molar-refractivity contribution is 5.72. The largest absolute Gasteiger partial charge is 0.493 e. The summed E-state index contributed by atoms with van der Waals surface area (Å²) < 4.78 is 22.6. The molecule has 5 rings (SSSR count). The standard InChI is InChI=1S/C22H24N2O4/c1-2-7-19-18(6-1)23-22(28-19)16-5-3-10-24(14-16)11-4-12-25-17-8-9-20-21(13-17)27-15-26-20/h1-2,6-9,13,16H,3-5,10-12,14-15H2. The smallest absolute Gasteiger partial charge is 0.231 e. The average Bonchev–Trinajstić information content (AvgIpc) is 3.38. The SMILES string of the molecule is c1ccc2oc(C3CCCN(CCCOc4ccc5c(c4)OCO5)C3)nc2c1. The van der Waals surface area contributed by atoms with Gasteiger partial charge in [-0.3, -0.25) is 0 Å². The monoisotopic (exact) mass is 380 g/mol. The fourth-order valence-corrected chi connectivity index (χ4v) is 3.97. The molecule has 2 aliphatic rings. The second kappa shape index (κ2) is 7.72. The van der Waals surface area contributed by atoms with Crippen molar-refractivity contribution < 1.29 is 18.6 Å². The lowest BCUT2D eigenvalue weighted by Gasteiger charge is -2.31. The molecule has 2 aliphatic heterocycles. The zero-order valence-electron chi connectivity index (χ0n) is 15.8. The Bertz CT molecular complexity index is 922. The molecule has 0 N–H and O–H groups in total. The highest BCUT2D eigenvalue weighted by Crippen LogP contribution is 2.35. The van der Waals surface area contributed by atoms with E-state index in [4.69, 9.17) is 23.6 Å². The number of fused-ring (bicyclic) bond motifs is 2. The lowest BCUT2D eigenvalue weighted by molar-refractivity contribution is 0.173. The molecule has 28 heavy (non-hydrogen) atoms. The fourth-order valence-electron chi connectivity index (χ4n) is 3.97. The molecule has 0 aliphatic carbocycles. The van der Waals surface area contributed by atoms with Gasteiger partial charge in [0, 0.05) is 25.1 Å². The molecular formula is C22H24N2O4. The van der Waals surface area contributed by atoms with Crippen LogP contribution in [-0.2, 0) is 0 Å². The van der Waals surface area contributed by atoms with Crippen LogP contribution in [-0.4, -0.2) is 42.9 Å². The van der Waals surface area contributed by atoms with E-state index in [9.17, 15) is 0 Å². The summed E-state index contributed by atoms with van der Waals surface area (Å²) in [5, 5.41) is 0. The molecule has 1 aromatic heterocycles. The molecule has 3 heterocycles. The number of piperidine rings is 1. The Labute approximate surface area is 164 Å². The van der Waals surface area contributed by atoms with E-state index in [-0.39, 0.29) is 6.79 Å². The fraction of sp³-hybridized carbons (Fsp3) is 0.409. The summed E-state index contributed by atoms with van der Waals surface area (Å²) in [6.07, 6.45) is 3.29. The first-order valence-electron chi connectivity index (χ1n) is 9.95. The third kappa shape index (κ3) is 3.64. The maximum atomic E-state index is 5.99. The Morgan fingerprint density at radius 2 is 2.04 bits per heavy atom. The quantitative estimate of drug-likeness (QED) is 0.597. The highest BCUT2D eigenvalue weighted by Gasteiger charge is 2.25. The van der Waals surface area contributed by atoms with E-state index in [1.54, 1.807) is 0 Å². The number of rotatable bonds is 6. The molecule has 0 saturated carbocycles. The summed E-state index contributed by atoms with van der Waals surface area (Å²) in [4.78, 5) is 7.19. The number of likely N-dealkylation sites (tertiary alicyclic amines) is 1. The number of nitrogens with zero attached hydrogens (tertiary/aromatic N) is 2. The van der Waals surface area contributed by atoms with Gasteiger partial charge in [-0.05, 0) is 50.1 Å². The van der Waals surface area contributed by atoms with Gasteiger partial charge in [0.25, 0.3) is 0 Å². The van der Waals surface area contributed by atoms with Gasteiger partial charge in [0.2, 0.25) is 6.79 Å². The van der Waals surface area contributed by atoms with Crippen molar-refractivity contribution in [1.82, 2.24) is 9.88 Å². The molecule has 0 bridgehead atoms. The van der Waals surface area contributed by atoms with Crippen LogP contribution in [0.1, 0.15) is 31.1 Å². The molecule has 1 atom stereocenters. The van der Waals surface area contributed by atoms with Crippen LogP contribution >= 0.6 is 0 Å². The van der Waals surface area contributed by atoms with Gasteiger partial charge in [0.1, 0.15) is 11.3 Å². The van der Waals surface area contributed by atoms with E-state index < -0.39 is 0 Å². The van der Waals surface area contributed by atoms with Crippen LogP contribution in [0.15, 0.2) is 46.9 Å². The Morgan fingerprint density at radius 1 is 1.11 bits per heavy atom. The van der Waals surface area contributed by atoms with Crippen LogP contribution in [0, 0.1) is 0 Å². The molecule has 0 radical (unpaired) electrons. The van der Waals surface area contributed by atoms with Crippen LogP contribution in [0.3, 0.4) is 0 Å². The zero-order chi connectivity index (χ0) is 18.8. The minimum absolute atomic E-state index is 0.287. The molecule has 1 saturated heterocycles. The number of hydrogen-bond acceptors (Lipinski definition) is 6. The van der Waals surface area contributed by atoms with Crippen molar-refractivity contribution in [3.8, 4) is 17.2 Å². The molecule has 3 aromatic rings. The minimum Gasteiger partial charge on any atom is -0.493 e. The van der Waals surface area contributed by atoms with Crippen molar-refractivity contribution in [3.63, 3.8) is 0 Å². The van der Waals surface area contributed by atoms with Crippen molar-refractivity contribution >= 4 is 11.1 Å². The van der Waals surface area contributed by atoms with Crippen molar-refractivity contribution in [3.05, 3.63) is 48.4 Å². The third-order valence-corrected chi connectivity index (χ3v) is 5.40. The van der Waals surface area contributed by atoms with E-state index in [0.29, 0.717) is 12.5 Å². The minimum atomic E-state index is 0.287. The highest BCUT2D eigenvalue weighted by atomic mass is 16.7. The van der Waals surface area contributed by atoms with Crippen molar-refractivity contribution in [2.24, 2.45) is 0 Å². The number of para-hydroxylation sites is 2. The average molecular weight is 380 g/mol. The van der Waals surface area contributed by atoms with Gasteiger partial charge in [0.05, 0.1) is 6.61 Å². The first kappa shape index (κ1) is 17.4.